The van der Waals surface area contributed by atoms with E-state index in [2.05, 4.69) is 4.98 Å². The first kappa shape index (κ1) is 13.2. The van der Waals surface area contributed by atoms with Crippen molar-refractivity contribution in [3.63, 3.8) is 0 Å². The molecule has 0 aliphatic rings. The number of aromatic nitrogens is 2. The van der Waals surface area contributed by atoms with Crippen LogP contribution in [-0.4, -0.2) is 9.38 Å². The fourth-order valence-electron chi connectivity index (χ4n) is 2.57. The van der Waals surface area contributed by atoms with E-state index in [0.717, 1.165) is 16.6 Å². The Kier molecular flexibility index (Phi) is 2.84. The Morgan fingerprint density at radius 1 is 1.23 bits per heavy atom. The van der Waals surface area contributed by atoms with Gasteiger partial charge in [-0.1, -0.05) is 35.6 Å². The van der Waals surface area contributed by atoms with Crippen LogP contribution in [0.3, 0.4) is 0 Å². The summed E-state index contributed by atoms with van der Waals surface area (Å²) in [7, 11) is 0. The summed E-state index contributed by atoms with van der Waals surface area (Å²) in [6.45, 7) is 1.98. The van der Waals surface area contributed by atoms with Crippen molar-refractivity contribution in [3.05, 3.63) is 74.3 Å². The van der Waals surface area contributed by atoms with Gasteiger partial charge in [0.1, 0.15) is 5.82 Å². The predicted octanol–water partition coefficient (Wildman–Crippen LogP) is 2.90. The third-order valence-corrected chi connectivity index (χ3v) is 4.59. The Morgan fingerprint density at radius 2 is 2.05 bits per heavy atom. The number of hydrogen-bond donors (Lipinski definition) is 0. The lowest BCUT2D eigenvalue weighted by molar-refractivity contribution is 0.627. The third kappa shape index (κ3) is 1.94. The van der Waals surface area contributed by atoms with Gasteiger partial charge in [-0.15, -0.1) is 0 Å². The van der Waals surface area contributed by atoms with Crippen LogP contribution < -0.4 is 10.1 Å². The Hall–Kier alpha value is -2.53. The second kappa shape index (κ2) is 4.74. The quantitative estimate of drug-likeness (QED) is 0.542. The zero-order chi connectivity index (χ0) is 15.3. The molecule has 0 atom stereocenters. The highest BCUT2D eigenvalue weighted by molar-refractivity contribution is 7.15. The van der Waals surface area contributed by atoms with Gasteiger partial charge in [0.2, 0.25) is 0 Å². The second-order valence-corrected chi connectivity index (χ2v) is 6.15. The molecule has 0 saturated carbocycles. The minimum atomic E-state index is -0.316. The van der Waals surface area contributed by atoms with Crippen LogP contribution >= 0.6 is 11.3 Å². The van der Waals surface area contributed by atoms with E-state index in [1.807, 2.05) is 25.1 Å². The number of benzene rings is 2. The van der Waals surface area contributed by atoms with Gasteiger partial charge in [0.05, 0.1) is 15.6 Å². The van der Waals surface area contributed by atoms with Crippen molar-refractivity contribution in [2.24, 2.45) is 0 Å². The van der Waals surface area contributed by atoms with E-state index in [9.17, 15) is 9.18 Å². The topological polar surface area (TPSA) is 34.4 Å². The molecule has 0 aliphatic heterocycles. The van der Waals surface area contributed by atoms with Crippen molar-refractivity contribution in [2.45, 2.75) is 6.92 Å². The largest absolute Gasteiger partial charge is 0.274 e. The molecule has 2 heterocycles. The zero-order valence-corrected chi connectivity index (χ0v) is 12.5. The Labute approximate surface area is 129 Å². The lowest BCUT2D eigenvalue weighted by Gasteiger charge is -1.93. The number of para-hydroxylation sites is 1. The van der Waals surface area contributed by atoms with Crippen LogP contribution in [0.25, 0.3) is 22.1 Å². The Morgan fingerprint density at radius 3 is 2.86 bits per heavy atom. The molecule has 0 radical (unpaired) electrons. The van der Waals surface area contributed by atoms with Gasteiger partial charge in [-0.3, -0.25) is 4.79 Å². The van der Waals surface area contributed by atoms with E-state index >= 15 is 0 Å². The number of halogens is 1. The molecule has 0 N–H and O–H groups in total. The molecule has 0 saturated heterocycles. The van der Waals surface area contributed by atoms with E-state index < -0.39 is 0 Å². The van der Waals surface area contributed by atoms with Gasteiger partial charge in [0, 0.05) is 0 Å². The molecular weight excluding hydrogens is 299 g/mol. The minimum absolute atomic E-state index is 0.114. The molecule has 0 aliphatic carbocycles. The van der Waals surface area contributed by atoms with Crippen molar-refractivity contribution in [1.82, 2.24) is 9.38 Å². The predicted molar refractivity (Wildman–Crippen MR) is 86.8 cm³/mol. The van der Waals surface area contributed by atoms with Crippen LogP contribution in [0, 0.1) is 12.7 Å². The fourth-order valence-corrected chi connectivity index (χ4v) is 3.55. The number of rotatable bonds is 1. The van der Waals surface area contributed by atoms with Crippen molar-refractivity contribution >= 4 is 33.4 Å². The number of hydrogen-bond acceptors (Lipinski definition) is 3. The van der Waals surface area contributed by atoms with E-state index in [1.54, 1.807) is 22.6 Å². The molecule has 0 spiro atoms. The highest BCUT2D eigenvalue weighted by Crippen LogP contribution is 2.19. The number of fused-ring (bicyclic) bond motifs is 3. The smallest absolute Gasteiger partial charge is 0.267 e. The third-order valence-electron chi connectivity index (χ3n) is 3.62. The highest BCUT2D eigenvalue weighted by atomic mass is 32.1. The van der Waals surface area contributed by atoms with E-state index in [1.165, 1.54) is 23.5 Å². The van der Waals surface area contributed by atoms with Gasteiger partial charge >= 0.3 is 0 Å². The van der Waals surface area contributed by atoms with Crippen LogP contribution in [0.5, 0.6) is 0 Å². The average molecular weight is 310 g/mol. The summed E-state index contributed by atoms with van der Waals surface area (Å²) in [4.78, 5) is 17.8. The van der Waals surface area contributed by atoms with E-state index in [4.69, 9.17) is 0 Å². The molecule has 5 heteroatoms. The van der Waals surface area contributed by atoms with Crippen LogP contribution in [-0.2, 0) is 0 Å². The Bertz CT molecular complexity index is 1130. The summed E-state index contributed by atoms with van der Waals surface area (Å²) < 4.78 is 15.4. The first-order valence-corrected chi connectivity index (χ1v) is 7.63. The number of thiazole rings is 1. The molecule has 3 nitrogen and oxygen atoms in total. The summed E-state index contributed by atoms with van der Waals surface area (Å²) in [5.74, 6) is -0.316. The number of imidazole rings is 1. The summed E-state index contributed by atoms with van der Waals surface area (Å²) in [5, 5.41) is 0. The Balaban J connectivity index is 2.03. The summed E-state index contributed by atoms with van der Waals surface area (Å²) in [6.07, 6.45) is 1.70. The standard InChI is InChI=1S/C17H11FN2OS/c1-10-4-2-7-13-15(10)19-17-20(13)16(21)14(22-17)9-11-5-3-6-12(18)8-11/h2-9H,1H3/b14-9-. The first-order chi connectivity index (χ1) is 10.6. The molecule has 4 rings (SSSR count). The van der Waals surface area contributed by atoms with Crippen molar-refractivity contribution < 1.29 is 4.39 Å². The van der Waals surface area contributed by atoms with Crippen molar-refractivity contribution in [1.29, 1.82) is 0 Å². The van der Waals surface area contributed by atoms with Gasteiger partial charge in [0.15, 0.2) is 4.96 Å². The van der Waals surface area contributed by atoms with Crippen LogP contribution in [0.1, 0.15) is 11.1 Å². The normalized spacial score (nSPS) is 12.5. The maximum Gasteiger partial charge on any atom is 0.274 e. The summed E-state index contributed by atoms with van der Waals surface area (Å²) in [5.41, 5.74) is 3.27. The summed E-state index contributed by atoms with van der Waals surface area (Å²) in [6, 6.07) is 12.0. The molecule has 0 fully saturated rings. The second-order valence-electron chi connectivity index (χ2n) is 5.14. The van der Waals surface area contributed by atoms with Gasteiger partial charge in [-0.25, -0.2) is 13.8 Å². The number of aryl methyl sites for hydroxylation is 1. The molecule has 0 amide bonds. The van der Waals surface area contributed by atoms with Crippen molar-refractivity contribution in [2.75, 3.05) is 0 Å². The van der Waals surface area contributed by atoms with Crippen LogP contribution in [0.4, 0.5) is 4.39 Å². The van der Waals surface area contributed by atoms with Crippen LogP contribution in [0.2, 0.25) is 0 Å². The van der Waals surface area contributed by atoms with E-state index in [0.29, 0.717) is 15.1 Å². The summed E-state index contributed by atoms with van der Waals surface area (Å²) >= 11 is 1.32. The van der Waals surface area contributed by atoms with E-state index in [-0.39, 0.29) is 11.4 Å². The maximum atomic E-state index is 13.3. The molecule has 2 aromatic carbocycles. The number of nitrogens with zero attached hydrogens (tertiary/aromatic N) is 2. The first-order valence-electron chi connectivity index (χ1n) is 6.81. The molecule has 0 bridgehead atoms. The lowest BCUT2D eigenvalue weighted by Crippen LogP contribution is -2.22. The average Bonchev–Trinajstić information content (AvgIpc) is 2.98. The van der Waals surface area contributed by atoms with Gasteiger partial charge in [-0.05, 0) is 42.3 Å². The van der Waals surface area contributed by atoms with Crippen molar-refractivity contribution in [3.8, 4) is 0 Å². The van der Waals surface area contributed by atoms with Gasteiger partial charge in [0.25, 0.3) is 5.56 Å². The molecule has 108 valence electrons. The molecule has 4 aromatic rings. The monoisotopic (exact) mass is 310 g/mol. The molecule has 2 aromatic heterocycles. The molecule has 22 heavy (non-hydrogen) atoms. The maximum absolute atomic E-state index is 13.3. The molecule has 0 unspecified atom stereocenters. The van der Waals surface area contributed by atoms with Crippen LogP contribution in [0.15, 0.2) is 47.3 Å². The fraction of sp³-hybridized carbons (Fsp3) is 0.0588. The zero-order valence-electron chi connectivity index (χ0n) is 11.7. The van der Waals surface area contributed by atoms with Gasteiger partial charge in [-0.2, -0.15) is 0 Å². The van der Waals surface area contributed by atoms with Gasteiger partial charge < -0.3 is 0 Å². The lowest BCUT2D eigenvalue weighted by atomic mass is 10.2. The highest BCUT2D eigenvalue weighted by Gasteiger charge is 2.12. The molecular formula is C17H11FN2OS. The SMILES string of the molecule is Cc1cccc2c1nc1s/c(=C\c3cccc(F)c3)c(=O)n12. The minimum Gasteiger partial charge on any atom is -0.267 e.